The lowest BCUT2D eigenvalue weighted by Gasteiger charge is -2.03. The molecule has 2 aromatic carbocycles. The number of fused-ring (bicyclic) bond motifs is 1. The molecule has 0 saturated carbocycles. The fraction of sp³-hybridized carbons (Fsp3) is 0. The van der Waals surface area contributed by atoms with E-state index in [1.807, 2.05) is 0 Å². The van der Waals surface area contributed by atoms with Crippen molar-refractivity contribution in [1.82, 2.24) is 5.73 Å². The Morgan fingerprint density at radius 2 is 1.60 bits per heavy atom. The molecular formula is C10H8NO3S. The van der Waals surface area contributed by atoms with Gasteiger partial charge in [-0.3, -0.25) is 10.3 Å². The summed E-state index contributed by atoms with van der Waals surface area (Å²) in [6.45, 7) is 0. The first-order valence-corrected chi connectivity index (χ1v) is 5.64. The predicted molar refractivity (Wildman–Crippen MR) is 56.5 cm³/mol. The van der Waals surface area contributed by atoms with Crippen LogP contribution in [0.2, 0.25) is 0 Å². The molecule has 0 aliphatic rings. The third-order valence-corrected chi connectivity index (χ3v) is 3.02. The Kier molecular flexibility index (Phi) is 2.13. The zero-order valence-corrected chi connectivity index (χ0v) is 8.45. The molecule has 0 unspecified atom stereocenters. The number of nitrogens with one attached hydrogen (secondary N) is 1. The highest BCUT2D eigenvalue weighted by atomic mass is 32.2. The molecule has 1 radical (unpaired) electrons. The van der Waals surface area contributed by atoms with Gasteiger partial charge in [0.1, 0.15) is 4.90 Å². The first-order valence-electron chi connectivity index (χ1n) is 4.20. The quantitative estimate of drug-likeness (QED) is 0.749. The normalized spacial score (nSPS) is 11.8. The standard InChI is InChI=1S/C10H8NO3S/c11-9-5-7-3-1-2-4-8(7)6-10(9)15(12,13)14/h1-6,11H,(H,12,13,14). The van der Waals surface area contributed by atoms with Gasteiger partial charge in [-0.1, -0.05) is 24.3 Å². The Morgan fingerprint density at radius 1 is 1.07 bits per heavy atom. The monoisotopic (exact) mass is 222 g/mol. The molecule has 2 aromatic rings. The SMILES string of the molecule is [NH]c1cc2ccccc2cc1S(=O)(=O)O. The summed E-state index contributed by atoms with van der Waals surface area (Å²) in [4.78, 5) is -0.360. The minimum absolute atomic E-state index is 0.198. The van der Waals surface area contributed by atoms with E-state index in [0.717, 1.165) is 5.39 Å². The Labute approximate surface area is 87.1 Å². The fourth-order valence-electron chi connectivity index (χ4n) is 1.43. The maximum absolute atomic E-state index is 10.9. The van der Waals surface area contributed by atoms with Gasteiger partial charge in [-0.25, -0.2) is 0 Å². The number of rotatable bonds is 1. The summed E-state index contributed by atoms with van der Waals surface area (Å²) >= 11 is 0. The van der Waals surface area contributed by atoms with Gasteiger partial charge in [-0.15, -0.1) is 0 Å². The molecule has 77 valence electrons. The second kappa shape index (κ2) is 3.22. The van der Waals surface area contributed by atoms with Gasteiger partial charge in [-0.05, 0) is 22.9 Å². The van der Waals surface area contributed by atoms with Crippen molar-refractivity contribution < 1.29 is 13.0 Å². The molecule has 0 saturated heterocycles. The van der Waals surface area contributed by atoms with E-state index in [9.17, 15) is 8.42 Å². The van der Waals surface area contributed by atoms with Crippen LogP contribution in [0.15, 0.2) is 41.3 Å². The first kappa shape index (κ1) is 9.95. The summed E-state index contributed by atoms with van der Waals surface area (Å²) in [5, 5.41) is 1.45. The summed E-state index contributed by atoms with van der Waals surface area (Å²) in [6, 6.07) is 9.78. The molecule has 0 heterocycles. The van der Waals surface area contributed by atoms with Gasteiger partial charge in [0.15, 0.2) is 0 Å². The van der Waals surface area contributed by atoms with E-state index in [2.05, 4.69) is 0 Å². The molecule has 0 bridgehead atoms. The zero-order chi connectivity index (χ0) is 11.1. The van der Waals surface area contributed by atoms with Crippen molar-refractivity contribution in [2.24, 2.45) is 0 Å². The highest BCUT2D eigenvalue weighted by Gasteiger charge is 2.14. The molecule has 15 heavy (non-hydrogen) atoms. The number of benzene rings is 2. The Bertz CT molecular complexity index is 620. The van der Waals surface area contributed by atoms with Crippen LogP contribution in [0.5, 0.6) is 0 Å². The van der Waals surface area contributed by atoms with Gasteiger partial charge in [0.2, 0.25) is 0 Å². The lowest BCUT2D eigenvalue weighted by atomic mass is 10.1. The van der Waals surface area contributed by atoms with Crippen LogP contribution in [0.4, 0.5) is 5.69 Å². The van der Waals surface area contributed by atoms with Gasteiger partial charge in [0, 0.05) is 0 Å². The van der Waals surface area contributed by atoms with Crippen LogP contribution in [0.25, 0.3) is 10.8 Å². The predicted octanol–water partition coefficient (Wildman–Crippen LogP) is 2.00. The average Bonchev–Trinajstić information content (AvgIpc) is 2.15. The van der Waals surface area contributed by atoms with Crippen molar-refractivity contribution in [3.63, 3.8) is 0 Å². The second-order valence-electron chi connectivity index (χ2n) is 3.17. The number of hydrogen-bond donors (Lipinski definition) is 1. The van der Waals surface area contributed by atoms with Crippen LogP contribution in [0.3, 0.4) is 0 Å². The molecule has 0 atom stereocenters. The lowest BCUT2D eigenvalue weighted by Crippen LogP contribution is -1.99. The minimum Gasteiger partial charge on any atom is -0.299 e. The van der Waals surface area contributed by atoms with Crippen LogP contribution >= 0.6 is 0 Å². The number of hydrogen-bond acceptors (Lipinski definition) is 2. The Hall–Kier alpha value is -1.59. The minimum atomic E-state index is -4.31. The fourth-order valence-corrected chi connectivity index (χ4v) is 2.05. The van der Waals surface area contributed by atoms with Crippen LogP contribution in [0, 0.1) is 0 Å². The van der Waals surface area contributed by atoms with Gasteiger partial charge < -0.3 is 0 Å². The lowest BCUT2D eigenvalue weighted by molar-refractivity contribution is 0.483. The Balaban J connectivity index is 2.84. The van der Waals surface area contributed by atoms with Crippen LogP contribution < -0.4 is 5.73 Å². The van der Waals surface area contributed by atoms with Gasteiger partial charge in [0.25, 0.3) is 10.1 Å². The first-order chi connectivity index (χ1) is 6.98. The second-order valence-corrected chi connectivity index (χ2v) is 4.56. The zero-order valence-electron chi connectivity index (χ0n) is 7.64. The van der Waals surface area contributed by atoms with Crippen molar-refractivity contribution in [2.45, 2.75) is 4.90 Å². The summed E-state index contributed by atoms with van der Waals surface area (Å²) < 4.78 is 30.7. The van der Waals surface area contributed by atoms with E-state index in [1.54, 1.807) is 24.3 Å². The topological polar surface area (TPSA) is 78.2 Å². The molecule has 4 nitrogen and oxygen atoms in total. The molecule has 0 aromatic heterocycles. The molecule has 2 N–H and O–H groups in total. The van der Waals surface area contributed by atoms with E-state index in [0.29, 0.717) is 5.39 Å². The van der Waals surface area contributed by atoms with E-state index in [4.69, 9.17) is 10.3 Å². The third kappa shape index (κ3) is 1.79. The summed E-state index contributed by atoms with van der Waals surface area (Å²) in [6.07, 6.45) is 0. The summed E-state index contributed by atoms with van der Waals surface area (Å²) in [5.41, 5.74) is 7.27. The summed E-state index contributed by atoms with van der Waals surface area (Å²) in [5.74, 6) is 0. The molecule has 5 heteroatoms. The third-order valence-electron chi connectivity index (χ3n) is 2.13. The molecule has 0 spiro atoms. The van der Waals surface area contributed by atoms with Crippen LogP contribution in [-0.4, -0.2) is 13.0 Å². The molecular weight excluding hydrogens is 214 g/mol. The van der Waals surface area contributed by atoms with Gasteiger partial charge >= 0.3 is 0 Å². The van der Waals surface area contributed by atoms with E-state index in [-0.39, 0.29) is 10.6 Å². The van der Waals surface area contributed by atoms with Crippen molar-refractivity contribution in [3.8, 4) is 0 Å². The molecule has 0 fully saturated rings. The average molecular weight is 222 g/mol. The summed E-state index contributed by atoms with van der Waals surface area (Å²) in [7, 11) is -4.31. The van der Waals surface area contributed by atoms with Gasteiger partial charge in [-0.2, -0.15) is 8.42 Å². The molecule has 0 amide bonds. The van der Waals surface area contributed by atoms with Crippen molar-refractivity contribution in [3.05, 3.63) is 36.4 Å². The smallest absolute Gasteiger partial charge is 0.296 e. The van der Waals surface area contributed by atoms with Crippen molar-refractivity contribution >= 4 is 26.6 Å². The van der Waals surface area contributed by atoms with Gasteiger partial charge in [0.05, 0.1) is 5.69 Å². The van der Waals surface area contributed by atoms with E-state index < -0.39 is 10.1 Å². The largest absolute Gasteiger partial charge is 0.299 e. The van der Waals surface area contributed by atoms with E-state index in [1.165, 1.54) is 12.1 Å². The van der Waals surface area contributed by atoms with Crippen molar-refractivity contribution in [1.29, 1.82) is 0 Å². The maximum Gasteiger partial charge on any atom is 0.296 e. The van der Waals surface area contributed by atoms with Crippen LogP contribution in [-0.2, 0) is 10.1 Å². The maximum atomic E-state index is 10.9. The van der Waals surface area contributed by atoms with Crippen molar-refractivity contribution in [2.75, 3.05) is 0 Å². The highest BCUT2D eigenvalue weighted by Crippen LogP contribution is 2.26. The van der Waals surface area contributed by atoms with Crippen LogP contribution in [0.1, 0.15) is 0 Å². The Morgan fingerprint density at radius 3 is 2.13 bits per heavy atom. The molecule has 0 aliphatic carbocycles. The molecule has 2 rings (SSSR count). The molecule has 0 aliphatic heterocycles. The van der Waals surface area contributed by atoms with E-state index >= 15 is 0 Å². The highest BCUT2D eigenvalue weighted by molar-refractivity contribution is 7.86.